The predicted octanol–water partition coefficient (Wildman–Crippen LogP) is 3.51. The molecular weight excluding hydrogens is 338 g/mol. The van der Waals surface area contributed by atoms with Crippen molar-refractivity contribution in [3.8, 4) is 5.75 Å². The van der Waals surface area contributed by atoms with Crippen LogP contribution in [0.2, 0.25) is 0 Å². The third kappa shape index (κ3) is 4.31. The standard InChI is InChI=1S/C22H27N3O2/c1-2-18-7-9-19(10-8-18)27-16-13-25-21-6-4-3-5-20(21)23-22(25)17-24-11-14-26-15-12-24/h3-10H,2,11-17H2,1H3. The van der Waals surface area contributed by atoms with Crippen molar-refractivity contribution >= 4 is 11.0 Å². The van der Waals surface area contributed by atoms with Crippen LogP contribution >= 0.6 is 0 Å². The molecule has 0 atom stereocenters. The van der Waals surface area contributed by atoms with Gasteiger partial charge in [-0.3, -0.25) is 4.90 Å². The van der Waals surface area contributed by atoms with Crippen LogP contribution in [0, 0.1) is 0 Å². The van der Waals surface area contributed by atoms with E-state index in [0.29, 0.717) is 6.61 Å². The lowest BCUT2D eigenvalue weighted by atomic mass is 10.2. The third-order valence-electron chi connectivity index (χ3n) is 5.12. The molecule has 0 spiro atoms. The minimum atomic E-state index is 0.627. The number of fused-ring (bicyclic) bond motifs is 1. The molecule has 1 saturated heterocycles. The van der Waals surface area contributed by atoms with Gasteiger partial charge in [0.15, 0.2) is 0 Å². The molecule has 1 aliphatic heterocycles. The van der Waals surface area contributed by atoms with Crippen molar-refractivity contribution in [2.45, 2.75) is 26.4 Å². The molecule has 1 aliphatic rings. The number of para-hydroxylation sites is 2. The molecule has 0 aliphatic carbocycles. The summed E-state index contributed by atoms with van der Waals surface area (Å²) in [5.41, 5.74) is 3.55. The maximum atomic E-state index is 5.99. The number of aryl methyl sites for hydroxylation is 1. The zero-order valence-electron chi connectivity index (χ0n) is 15.9. The minimum absolute atomic E-state index is 0.627. The van der Waals surface area contributed by atoms with Gasteiger partial charge in [-0.1, -0.05) is 31.2 Å². The predicted molar refractivity (Wildman–Crippen MR) is 107 cm³/mol. The first-order valence-corrected chi connectivity index (χ1v) is 9.79. The Morgan fingerprint density at radius 2 is 1.81 bits per heavy atom. The fourth-order valence-electron chi connectivity index (χ4n) is 3.53. The molecule has 2 aromatic carbocycles. The summed E-state index contributed by atoms with van der Waals surface area (Å²) < 4.78 is 13.8. The van der Waals surface area contributed by atoms with E-state index in [2.05, 4.69) is 58.9 Å². The molecule has 0 radical (unpaired) electrons. The first-order valence-electron chi connectivity index (χ1n) is 9.79. The van der Waals surface area contributed by atoms with E-state index in [9.17, 15) is 0 Å². The molecule has 0 unspecified atom stereocenters. The van der Waals surface area contributed by atoms with Gasteiger partial charge in [-0.15, -0.1) is 0 Å². The highest BCUT2D eigenvalue weighted by atomic mass is 16.5. The summed E-state index contributed by atoms with van der Waals surface area (Å²) in [7, 11) is 0. The van der Waals surface area contributed by atoms with Crippen LogP contribution in [0.25, 0.3) is 11.0 Å². The lowest BCUT2D eigenvalue weighted by molar-refractivity contribution is 0.0326. The van der Waals surface area contributed by atoms with E-state index in [0.717, 1.165) is 62.9 Å². The van der Waals surface area contributed by atoms with E-state index in [1.165, 1.54) is 11.1 Å². The van der Waals surface area contributed by atoms with Gasteiger partial charge in [0, 0.05) is 13.1 Å². The van der Waals surface area contributed by atoms with Gasteiger partial charge in [0.05, 0.1) is 37.3 Å². The van der Waals surface area contributed by atoms with Crippen LogP contribution in [0.3, 0.4) is 0 Å². The lowest BCUT2D eigenvalue weighted by Crippen LogP contribution is -2.36. The molecule has 142 valence electrons. The smallest absolute Gasteiger partial charge is 0.124 e. The summed E-state index contributed by atoms with van der Waals surface area (Å²) in [5.74, 6) is 2.02. The van der Waals surface area contributed by atoms with Crippen molar-refractivity contribution in [2.24, 2.45) is 0 Å². The zero-order chi connectivity index (χ0) is 18.5. The Hall–Kier alpha value is -2.37. The number of ether oxygens (including phenoxy) is 2. The van der Waals surface area contributed by atoms with E-state index in [1.54, 1.807) is 0 Å². The number of nitrogens with zero attached hydrogens (tertiary/aromatic N) is 3. The normalized spacial score (nSPS) is 15.3. The summed E-state index contributed by atoms with van der Waals surface area (Å²) >= 11 is 0. The number of aromatic nitrogens is 2. The van der Waals surface area contributed by atoms with Gasteiger partial charge in [-0.05, 0) is 36.2 Å². The molecule has 5 heteroatoms. The highest BCUT2D eigenvalue weighted by Crippen LogP contribution is 2.19. The number of imidazole rings is 1. The Balaban J connectivity index is 1.47. The molecule has 5 nitrogen and oxygen atoms in total. The van der Waals surface area contributed by atoms with Crippen molar-refractivity contribution in [1.29, 1.82) is 0 Å². The third-order valence-corrected chi connectivity index (χ3v) is 5.12. The van der Waals surface area contributed by atoms with Crippen molar-refractivity contribution < 1.29 is 9.47 Å². The van der Waals surface area contributed by atoms with Crippen LogP contribution in [0.1, 0.15) is 18.3 Å². The second-order valence-corrected chi connectivity index (χ2v) is 6.90. The minimum Gasteiger partial charge on any atom is -0.492 e. The molecule has 0 amide bonds. The molecule has 4 rings (SSSR count). The number of hydrogen-bond donors (Lipinski definition) is 0. The Kier molecular flexibility index (Phi) is 5.70. The Morgan fingerprint density at radius 3 is 2.59 bits per heavy atom. The van der Waals surface area contributed by atoms with E-state index < -0.39 is 0 Å². The maximum Gasteiger partial charge on any atom is 0.124 e. The average molecular weight is 365 g/mol. The molecule has 0 saturated carbocycles. The van der Waals surface area contributed by atoms with Gasteiger partial charge in [0.25, 0.3) is 0 Å². The number of rotatable bonds is 7. The van der Waals surface area contributed by atoms with Crippen molar-refractivity contribution in [3.63, 3.8) is 0 Å². The van der Waals surface area contributed by atoms with Crippen molar-refractivity contribution in [1.82, 2.24) is 14.5 Å². The highest BCUT2D eigenvalue weighted by Gasteiger charge is 2.16. The highest BCUT2D eigenvalue weighted by molar-refractivity contribution is 5.75. The molecule has 0 N–H and O–H groups in total. The van der Waals surface area contributed by atoms with E-state index in [4.69, 9.17) is 14.5 Å². The molecule has 1 aromatic heterocycles. The SMILES string of the molecule is CCc1ccc(OCCn2c(CN3CCOCC3)nc3ccccc32)cc1. The summed E-state index contributed by atoms with van der Waals surface area (Å²) in [6.07, 6.45) is 1.05. The van der Waals surface area contributed by atoms with Crippen LogP contribution in [-0.4, -0.2) is 47.4 Å². The van der Waals surface area contributed by atoms with E-state index in [1.807, 2.05) is 6.07 Å². The van der Waals surface area contributed by atoms with Crippen LogP contribution < -0.4 is 4.74 Å². The van der Waals surface area contributed by atoms with Crippen molar-refractivity contribution in [2.75, 3.05) is 32.9 Å². The molecule has 1 fully saturated rings. The quantitative estimate of drug-likeness (QED) is 0.642. The summed E-state index contributed by atoms with van der Waals surface area (Å²) in [6, 6.07) is 16.7. The van der Waals surface area contributed by atoms with Crippen LogP contribution in [-0.2, 0) is 24.2 Å². The largest absolute Gasteiger partial charge is 0.492 e. The molecule has 27 heavy (non-hydrogen) atoms. The fraction of sp³-hybridized carbons (Fsp3) is 0.409. The summed E-state index contributed by atoms with van der Waals surface area (Å²) in [5, 5.41) is 0. The Labute approximate surface area is 160 Å². The number of morpholine rings is 1. The Bertz CT molecular complexity index is 867. The Morgan fingerprint density at radius 1 is 1.04 bits per heavy atom. The van der Waals surface area contributed by atoms with Gasteiger partial charge in [-0.25, -0.2) is 4.98 Å². The number of benzene rings is 2. The number of hydrogen-bond acceptors (Lipinski definition) is 4. The topological polar surface area (TPSA) is 39.5 Å². The average Bonchev–Trinajstić information content (AvgIpc) is 3.06. The maximum absolute atomic E-state index is 5.99. The van der Waals surface area contributed by atoms with Gasteiger partial charge in [0.2, 0.25) is 0 Å². The van der Waals surface area contributed by atoms with E-state index in [-0.39, 0.29) is 0 Å². The molecule has 3 aromatic rings. The molecular formula is C22H27N3O2. The second kappa shape index (κ2) is 8.55. The molecule has 0 bridgehead atoms. The fourth-order valence-corrected chi connectivity index (χ4v) is 3.53. The van der Waals surface area contributed by atoms with Gasteiger partial charge < -0.3 is 14.0 Å². The summed E-state index contributed by atoms with van der Waals surface area (Å²) in [6.45, 7) is 7.96. The monoisotopic (exact) mass is 365 g/mol. The first kappa shape index (κ1) is 18.0. The van der Waals surface area contributed by atoms with Gasteiger partial charge in [0.1, 0.15) is 18.2 Å². The molecule has 2 heterocycles. The van der Waals surface area contributed by atoms with Gasteiger partial charge >= 0.3 is 0 Å². The van der Waals surface area contributed by atoms with Gasteiger partial charge in [-0.2, -0.15) is 0 Å². The first-order chi connectivity index (χ1) is 13.3. The zero-order valence-corrected chi connectivity index (χ0v) is 15.9. The summed E-state index contributed by atoms with van der Waals surface area (Å²) in [4.78, 5) is 7.29. The second-order valence-electron chi connectivity index (χ2n) is 6.90. The lowest BCUT2D eigenvalue weighted by Gasteiger charge is -2.26. The van der Waals surface area contributed by atoms with Crippen LogP contribution in [0.5, 0.6) is 5.75 Å². The van der Waals surface area contributed by atoms with Crippen molar-refractivity contribution in [3.05, 3.63) is 59.9 Å². The van der Waals surface area contributed by atoms with Crippen LogP contribution in [0.15, 0.2) is 48.5 Å². The van der Waals surface area contributed by atoms with Crippen LogP contribution in [0.4, 0.5) is 0 Å². The van der Waals surface area contributed by atoms with E-state index >= 15 is 0 Å².